The van der Waals surface area contributed by atoms with Gasteiger partial charge in [-0.2, -0.15) is 0 Å². The molecule has 38 heavy (non-hydrogen) atoms. The number of hydrogen-bond acceptors (Lipinski definition) is 5. The van der Waals surface area contributed by atoms with Crippen LogP contribution in [0.1, 0.15) is 58.5 Å². The molecule has 0 atom stereocenters. The number of rotatable bonds is 8. The number of hydrogen-bond donors (Lipinski definition) is 1. The molecule has 0 aliphatic heterocycles. The molecule has 0 spiro atoms. The number of ether oxygens (including phenoxy) is 1. The molecule has 2 heterocycles. The Morgan fingerprint density at radius 2 is 1.68 bits per heavy atom. The second-order valence-corrected chi connectivity index (χ2v) is 13.3. The van der Waals surface area contributed by atoms with Crippen LogP contribution in [0, 0.1) is 12.3 Å². The molecule has 0 unspecified atom stereocenters. The quantitative estimate of drug-likeness (QED) is 0.186. The van der Waals surface area contributed by atoms with Crippen molar-refractivity contribution in [3.63, 3.8) is 0 Å². The van der Waals surface area contributed by atoms with E-state index in [0.29, 0.717) is 19.6 Å². The van der Waals surface area contributed by atoms with Crippen LogP contribution >= 0.6 is 11.8 Å². The van der Waals surface area contributed by atoms with E-state index in [4.69, 9.17) is 4.74 Å². The van der Waals surface area contributed by atoms with Gasteiger partial charge in [0, 0.05) is 56.7 Å². The Labute approximate surface area is 230 Å². The Kier molecular flexibility index (Phi) is 7.93. The van der Waals surface area contributed by atoms with E-state index in [2.05, 4.69) is 60.7 Å². The summed E-state index contributed by atoms with van der Waals surface area (Å²) in [5.41, 5.74) is 5.77. The lowest BCUT2D eigenvalue weighted by Gasteiger charge is -2.26. The number of aromatic nitrogens is 2. The summed E-state index contributed by atoms with van der Waals surface area (Å²) in [5.74, 6) is 0.0279. The van der Waals surface area contributed by atoms with Gasteiger partial charge in [0.05, 0.1) is 12.0 Å². The van der Waals surface area contributed by atoms with Crippen molar-refractivity contribution in [2.45, 2.75) is 71.1 Å². The third-order valence-corrected chi connectivity index (χ3v) is 7.76. The maximum absolute atomic E-state index is 12.9. The summed E-state index contributed by atoms with van der Waals surface area (Å²) in [4.78, 5) is 18.4. The number of pyridine rings is 1. The number of fused-ring (bicyclic) bond motifs is 1. The predicted octanol–water partition coefficient (Wildman–Crippen LogP) is 7.79. The molecule has 0 saturated heterocycles. The molecule has 0 aliphatic carbocycles. The molecular formula is C32H38N2O3S. The molecule has 0 bridgehead atoms. The van der Waals surface area contributed by atoms with Crippen molar-refractivity contribution in [1.82, 2.24) is 9.55 Å². The number of benzene rings is 2. The van der Waals surface area contributed by atoms with Crippen molar-refractivity contribution in [3.8, 4) is 16.9 Å². The predicted molar refractivity (Wildman–Crippen MR) is 157 cm³/mol. The smallest absolute Gasteiger partial charge is 0.311 e. The summed E-state index contributed by atoms with van der Waals surface area (Å²) in [6.45, 7) is 15.3. The first-order valence-corrected chi connectivity index (χ1v) is 13.9. The van der Waals surface area contributed by atoms with Gasteiger partial charge >= 0.3 is 5.97 Å². The fourth-order valence-corrected chi connectivity index (χ4v) is 5.77. The van der Waals surface area contributed by atoms with Gasteiger partial charge in [-0.15, -0.1) is 11.8 Å². The Balaban J connectivity index is 1.81. The zero-order chi connectivity index (χ0) is 27.7. The number of aryl methyl sites for hydroxylation is 1. The van der Waals surface area contributed by atoms with Gasteiger partial charge in [0.1, 0.15) is 5.75 Å². The van der Waals surface area contributed by atoms with E-state index < -0.39 is 5.41 Å². The minimum absolute atomic E-state index is 0.0584. The van der Waals surface area contributed by atoms with Gasteiger partial charge in [-0.25, -0.2) is 0 Å². The van der Waals surface area contributed by atoms with Crippen LogP contribution in [0.15, 0.2) is 65.7 Å². The number of carbonyl (C=O) groups excluding carboxylic acids is 1. The van der Waals surface area contributed by atoms with Crippen LogP contribution in [-0.2, 0) is 22.5 Å². The number of aromatic hydroxyl groups is 1. The first kappa shape index (κ1) is 27.8. The first-order valence-electron chi connectivity index (χ1n) is 13.1. The Hall–Kier alpha value is -3.25. The second kappa shape index (κ2) is 10.9. The summed E-state index contributed by atoms with van der Waals surface area (Å²) < 4.78 is 7.67. The van der Waals surface area contributed by atoms with Gasteiger partial charge < -0.3 is 14.4 Å². The van der Waals surface area contributed by atoms with Crippen LogP contribution < -0.4 is 0 Å². The highest BCUT2D eigenvalue weighted by atomic mass is 32.2. The largest absolute Gasteiger partial charge is 0.508 e. The molecule has 1 N–H and O–H groups in total. The average Bonchev–Trinajstić information content (AvgIpc) is 3.10. The van der Waals surface area contributed by atoms with Crippen LogP contribution in [0.3, 0.4) is 0 Å². The van der Waals surface area contributed by atoms with E-state index >= 15 is 0 Å². The van der Waals surface area contributed by atoms with Crippen LogP contribution in [0.4, 0.5) is 0 Å². The molecule has 0 radical (unpaired) electrons. The summed E-state index contributed by atoms with van der Waals surface area (Å²) in [5, 5.41) is 11.4. The number of carbonyl (C=O) groups is 1. The van der Waals surface area contributed by atoms with E-state index in [1.165, 1.54) is 0 Å². The van der Waals surface area contributed by atoms with Gasteiger partial charge in [-0.1, -0.05) is 51.1 Å². The normalized spacial score (nSPS) is 12.2. The van der Waals surface area contributed by atoms with Crippen molar-refractivity contribution in [2.75, 3.05) is 6.61 Å². The minimum atomic E-state index is -0.709. The van der Waals surface area contributed by atoms with Crippen LogP contribution in [0.25, 0.3) is 22.0 Å². The molecule has 5 nitrogen and oxygen atoms in total. The lowest BCUT2D eigenvalue weighted by molar-refractivity contribution is -0.153. The minimum Gasteiger partial charge on any atom is -0.508 e. The Morgan fingerprint density at radius 3 is 2.29 bits per heavy atom. The van der Waals surface area contributed by atoms with Crippen LogP contribution in [-0.4, -0.2) is 32.0 Å². The zero-order valence-corrected chi connectivity index (χ0v) is 24.3. The summed E-state index contributed by atoms with van der Waals surface area (Å²) in [6, 6.07) is 18.2. The molecule has 0 fully saturated rings. The van der Waals surface area contributed by atoms with E-state index in [1.54, 1.807) is 17.8 Å². The van der Waals surface area contributed by atoms with E-state index in [-0.39, 0.29) is 16.5 Å². The number of thioether (sulfide) groups is 1. The molecule has 0 aliphatic rings. The maximum atomic E-state index is 12.9. The molecule has 2 aromatic heterocycles. The highest BCUT2D eigenvalue weighted by Gasteiger charge is 2.34. The number of esters is 1. The monoisotopic (exact) mass is 530 g/mol. The van der Waals surface area contributed by atoms with E-state index in [1.807, 2.05) is 52.1 Å². The van der Waals surface area contributed by atoms with E-state index in [9.17, 15) is 9.90 Å². The van der Waals surface area contributed by atoms with Crippen LogP contribution in [0.5, 0.6) is 5.75 Å². The number of phenols is 1. The molecule has 0 amide bonds. The molecule has 2 aromatic carbocycles. The van der Waals surface area contributed by atoms with E-state index in [0.717, 1.165) is 43.9 Å². The molecule has 200 valence electrons. The standard InChI is InChI=1S/C32H38N2O3S/c1-8-37-30(36)32(6,7)18-28-29(38-31(3,4)5)26-17-25(35)15-16-27(26)34(28)20-22-10-13-23(14-11-22)24-12-9-21(2)33-19-24/h9-17,19,35H,8,18,20H2,1-7H3. The second-order valence-electron chi connectivity index (χ2n) is 11.4. The highest BCUT2D eigenvalue weighted by Crippen LogP contribution is 2.44. The van der Waals surface area contributed by atoms with Crippen molar-refractivity contribution in [1.29, 1.82) is 0 Å². The molecular weight excluding hydrogens is 492 g/mol. The fourth-order valence-electron chi connectivity index (χ4n) is 4.58. The zero-order valence-electron chi connectivity index (χ0n) is 23.5. The lowest BCUT2D eigenvalue weighted by Crippen LogP contribution is -2.30. The van der Waals surface area contributed by atoms with Crippen LogP contribution in [0.2, 0.25) is 0 Å². The van der Waals surface area contributed by atoms with Crippen molar-refractivity contribution in [3.05, 3.63) is 77.7 Å². The molecule has 6 heteroatoms. The summed E-state index contributed by atoms with van der Waals surface area (Å²) in [7, 11) is 0. The first-order chi connectivity index (χ1) is 17.9. The van der Waals surface area contributed by atoms with Gasteiger partial charge in [0.25, 0.3) is 0 Å². The van der Waals surface area contributed by atoms with Gasteiger partial charge in [0.15, 0.2) is 0 Å². The summed E-state index contributed by atoms with van der Waals surface area (Å²) in [6.07, 6.45) is 2.43. The number of phenolic OH excluding ortho intramolecular Hbond substituents is 1. The average molecular weight is 531 g/mol. The van der Waals surface area contributed by atoms with Crippen molar-refractivity contribution in [2.24, 2.45) is 5.41 Å². The SMILES string of the molecule is CCOC(=O)C(C)(C)Cc1c(SC(C)(C)C)c2cc(O)ccc2n1Cc1ccc(-c2ccc(C)nc2)cc1. The van der Waals surface area contributed by atoms with Gasteiger partial charge in [0.2, 0.25) is 0 Å². The molecule has 0 saturated carbocycles. The molecule has 4 aromatic rings. The fraction of sp³-hybridized carbons (Fsp3) is 0.375. The number of nitrogens with zero attached hydrogens (tertiary/aromatic N) is 2. The topological polar surface area (TPSA) is 64.3 Å². The van der Waals surface area contributed by atoms with Crippen molar-refractivity contribution >= 4 is 28.6 Å². The Morgan fingerprint density at radius 1 is 1.00 bits per heavy atom. The van der Waals surface area contributed by atoms with Gasteiger partial charge in [-0.3, -0.25) is 9.78 Å². The van der Waals surface area contributed by atoms with Crippen molar-refractivity contribution < 1.29 is 14.6 Å². The Bertz CT molecular complexity index is 1430. The highest BCUT2D eigenvalue weighted by molar-refractivity contribution is 8.00. The summed E-state index contributed by atoms with van der Waals surface area (Å²) >= 11 is 1.77. The third kappa shape index (κ3) is 6.24. The lowest BCUT2D eigenvalue weighted by atomic mass is 9.87. The maximum Gasteiger partial charge on any atom is 0.311 e. The third-order valence-electron chi connectivity index (χ3n) is 6.49. The molecule has 4 rings (SSSR count). The van der Waals surface area contributed by atoms with Gasteiger partial charge in [-0.05, 0) is 63.1 Å².